The Kier molecular flexibility index (Phi) is 7.80. The van der Waals surface area contributed by atoms with Crippen LogP contribution in [0.1, 0.15) is 16.7 Å². The highest BCUT2D eigenvalue weighted by Crippen LogP contribution is 2.18. The van der Waals surface area contributed by atoms with Crippen LogP contribution in [0.5, 0.6) is 0 Å². The largest absolute Gasteiger partial charge is 0.357 e. The molecule has 0 saturated heterocycles. The first kappa shape index (κ1) is 21.8. The van der Waals surface area contributed by atoms with Crippen molar-refractivity contribution in [1.82, 2.24) is 10.2 Å². The van der Waals surface area contributed by atoms with Crippen LogP contribution in [-0.2, 0) is 29.0 Å². The SMILES string of the molecule is CNC(=O)[C@@H](Cc1ccccc1)N(Cc1ccc(Br)cc1)C(=O)Cc1ccccc1. The molecule has 0 spiro atoms. The van der Waals surface area contributed by atoms with Gasteiger partial charge in [-0.05, 0) is 28.8 Å². The van der Waals surface area contributed by atoms with E-state index in [1.807, 2.05) is 84.9 Å². The smallest absolute Gasteiger partial charge is 0.242 e. The Morgan fingerprint density at radius 3 is 1.97 bits per heavy atom. The number of amides is 2. The van der Waals surface area contributed by atoms with E-state index >= 15 is 0 Å². The fourth-order valence-corrected chi connectivity index (χ4v) is 3.64. The van der Waals surface area contributed by atoms with E-state index in [0.29, 0.717) is 13.0 Å². The number of likely N-dealkylation sites (N-methyl/N-ethyl adjacent to an activating group) is 1. The second-order valence-corrected chi connectivity index (χ2v) is 8.05. The minimum Gasteiger partial charge on any atom is -0.357 e. The molecular weight excluding hydrogens is 440 g/mol. The summed E-state index contributed by atoms with van der Waals surface area (Å²) in [5, 5.41) is 2.74. The van der Waals surface area contributed by atoms with Gasteiger partial charge in [-0.3, -0.25) is 9.59 Å². The number of hydrogen-bond donors (Lipinski definition) is 1. The highest BCUT2D eigenvalue weighted by molar-refractivity contribution is 9.10. The number of rotatable bonds is 8. The predicted molar refractivity (Wildman–Crippen MR) is 123 cm³/mol. The molecule has 154 valence electrons. The van der Waals surface area contributed by atoms with Gasteiger partial charge in [0.25, 0.3) is 0 Å². The molecule has 1 atom stereocenters. The molecule has 0 aliphatic carbocycles. The van der Waals surface area contributed by atoms with E-state index in [-0.39, 0.29) is 18.2 Å². The molecule has 0 heterocycles. The molecule has 0 bridgehead atoms. The molecule has 0 aromatic heterocycles. The van der Waals surface area contributed by atoms with E-state index in [1.54, 1.807) is 11.9 Å². The van der Waals surface area contributed by atoms with Gasteiger partial charge in [0, 0.05) is 24.5 Å². The van der Waals surface area contributed by atoms with E-state index in [9.17, 15) is 9.59 Å². The van der Waals surface area contributed by atoms with Crippen molar-refractivity contribution in [2.24, 2.45) is 0 Å². The van der Waals surface area contributed by atoms with Crippen molar-refractivity contribution in [1.29, 1.82) is 0 Å². The Morgan fingerprint density at radius 1 is 0.833 bits per heavy atom. The van der Waals surface area contributed by atoms with E-state index in [0.717, 1.165) is 21.2 Å². The fourth-order valence-electron chi connectivity index (χ4n) is 3.38. The first-order chi connectivity index (χ1) is 14.6. The molecule has 4 nitrogen and oxygen atoms in total. The van der Waals surface area contributed by atoms with E-state index in [1.165, 1.54) is 0 Å². The van der Waals surface area contributed by atoms with Crippen LogP contribution in [0.25, 0.3) is 0 Å². The first-order valence-electron chi connectivity index (χ1n) is 9.90. The van der Waals surface area contributed by atoms with Crippen LogP contribution in [0.2, 0.25) is 0 Å². The van der Waals surface area contributed by atoms with Gasteiger partial charge in [0.2, 0.25) is 11.8 Å². The molecule has 30 heavy (non-hydrogen) atoms. The normalized spacial score (nSPS) is 11.5. The lowest BCUT2D eigenvalue weighted by Crippen LogP contribution is -2.50. The third-order valence-corrected chi connectivity index (χ3v) is 5.51. The Labute approximate surface area is 186 Å². The summed E-state index contributed by atoms with van der Waals surface area (Å²) in [5.41, 5.74) is 2.92. The Morgan fingerprint density at radius 2 is 1.40 bits per heavy atom. The number of carbonyl (C=O) groups is 2. The zero-order valence-electron chi connectivity index (χ0n) is 16.9. The zero-order valence-corrected chi connectivity index (χ0v) is 18.5. The molecule has 0 saturated carbocycles. The maximum absolute atomic E-state index is 13.4. The molecule has 2 amide bonds. The maximum Gasteiger partial charge on any atom is 0.242 e. The van der Waals surface area contributed by atoms with Crippen LogP contribution < -0.4 is 5.32 Å². The number of nitrogens with one attached hydrogen (secondary N) is 1. The van der Waals surface area contributed by atoms with Gasteiger partial charge in [-0.15, -0.1) is 0 Å². The van der Waals surface area contributed by atoms with E-state index in [2.05, 4.69) is 21.2 Å². The summed E-state index contributed by atoms with van der Waals surface area (Å²) in [7, 11) is 1.61. The first-order valence-corrected chi connectivity index (χ1v) is 10.7. The fraction of sp³-hybridized carbons (Fsp3) is 0.200. The molecule has 0 aliphatic heterocycles. The monoisotopic (exact) mass is 464 g/mol. The minimum absolute atomic E-state index is 0.0753. The quantitative estimate of drug-likeness (QED) is 0.537. The van der Waals surface area contributed by atoms with Crippen LogP contribution >= 0.6 is 15.9 Å². The van der Waals surface area contributed by atoms with Crippen molar-refractivity contribution in [3.8, 4) is 0 Å². The number of carbonyl (C=O) groups excluding carboxylic acids is 2. The number of nitrogens with zero attached hydrogens (tertiary/aromatic N) is 1. The van der Waals surface area contributed by atoms with E-state index in [4.69, 9.17) is 0 Å². The van der Waals surface area contributed by atoms with Crippen molar-refractivity contribution in [2.75, 3.05) is 7.05 Å². The lowest BCUT2D eigenvalue weighted by molar-refractivity contribution is -0.140. The Hall–Kier alpha value is -2.92. The van der Waals surface area contributed by atoms with Crippen LogP contribution in [0, 0.1) is 0 Å². The second kappa shape index (κ2) is 10.7. The average molecular weight is 465 g/mol. The Balaban J connectivity index is 1.92. The number of benzene rings is 3. The molecule has 5 heteroatoms. The van der Waals surface area contributed by atoms with Gasteiger partial charge in [0.15, 0.2) is 0 Å². The van der Waals surface area contributed by atoms with Crippen molar-refractivity contribution >= 4 is 27.7 Å². The second-order valence-electron chi connectivity index (χ2n) is 7.13. The molecule has 1 N–H and O–H groups in total. The summed E-state index contributed by atoms with van der Waals surface area (Å²) < 4.78 is 0.973. The molecule has 0 aliphatic rings. The predicted octanol–water partition coefficient (Wildman–Crippen LogP) is 4.38. The molecule has 3 rings (SSSR count). The lowest BCUT2D eigenvalue weighted by Gasteiger charge is -2.31. The number of halogens is 1. The highest BCUT2D eigenvalue weighted by atomic mass is 79.9. The summed E-state index contributed by atoms with van der Waals surface area (Å²) in [4.78, 5) is 27.9. The molecule has 0 fully saturated rings. The van der Waals surface area contributed by atoms with Gasteiger partial charge in [0.05, 0.1) is 6.42 Å². The van der Waals surface area contributed by atoms with E-state index < -0.39 is 6.04 Å². The lowest BCUT2D eigenvalue weighted by atomic mass is 10.0. The molecule has 3 aromatic carbocycles. The van der Waals surface area contributed by atoms with Gasteiger partial charge in [-0.2, -0.15) is 0 Å². The van der Waals surface area contributed by atoms with Gasteiger partial charge in [-0.1, -0.05) is 88.7 Å². The van der Waals surface area contributed by atoms with Crippen LogP contribution in [0.4, 0.5) is 0 Å². The summed E-state index contributed by atoms with van der Waals surface area (Å²) >= 11 is 3.45. The standard InChI is InChI=1S/C25H25BrN2O2/c1-27-25(30)23(16-19-8-4-2-5-9-19)28(18-21-12-14-22(26)15-13-21)24(29)17-20-10-6-3-7-11-20/h2-15,23H,16-18H2,1H3,(H,27,30)/t23-/m1/s1. The highest BCUT2D eigenvalue weighted by Gasteiger charge is 2.29. The van der Waals surface area contributed by atoms with Crippen LogP contribution in [0.3, 0.4) is 0 Å². The third-order valence-electron chi connectivity index (χ3n) is 4.98. The molecular formula is C25H25BrN2O2. The summed E-state index contributed by atoms with van der Waals surface area (Å²) in [5.74, 6) is -0.244. The van der Waals surface area contributed by atoms with Gasteiger partial charge >= 0.3 is 0 Å². The topological polar surface area (TPSA) is 49.4 Å². The van der Waals surface area contributed by atoms with Crippen molar-refractivity contribution in [3.05, 3.63) is 106 Å². The van der Waals surface area contributed by atoms with Crippen molar-refractivity contribution in [2.45, 2.75) is 25.4 Å². The zero-order chi connectivity index (χ0) is 21.3. The molecule has 0 radical (unpaired) electrons. The summed E-state index contributed by atoms with van der Waals surface area (Å²) in [6.45, 7) is 0.365. The minimum atomic E-state index is -0.600. The third kappa shape index (κ3) is 6.04. The van der Waals surface area contributed by atoms with Gasteiger partial charge in [-0.25, -0.2) is 0 Å². The van der Waals surface area contributed by atoms with Crippen molar-refractivity contribution in [3.63, 3.8) is 0 Å². The summed E-state index contributed by atoms with van der Waals surface area (Å²) in [6, 6.07) is 26.7. The summed E-state index contributed by atoms with van der Waals surface area (Å²) in [6.07, 6.45) is 0.706. The van der Waals surface area contributed by atoms with Crippen LogP contribution in [0.15, 0.2) is 89.4 Å². The van der Waals surface area contributed by atoms with Gasteiger partial charge < -0.3 is 10.2 Å². The molecule has 3 aromatic rings. The average Bonchev–Trinajstić information content (AvgIpc) is 2.78. The molecule has 0 unspecified atom stereocenters. The maximum atomic E-state index is 13.4. The van der Waals surface area contributed by atoms with Crippen LogP contribution in [-0.4, -0.2) is 29.8 Å². The number of hydrogen-bond acceptors (Lipinski definition) is 2. The van der Waals surface area contributed by atoms with Gasteiger partial charge in [0.1, 0.15) is 6.04 Å². The Bertz CT molecular complexity index is 959. The van der Waals surface area contributed by atoms with Crippen molar-refractivity contribution < 1.29 is 9.59 Å².